The zero-order valence-corrected chi connectivity index (χ0v) is 17.6. The number of ether oxygens (including phenoxy) is 1. The second kappa shape index (κ2) is 9.33. The van der Waals surface area contributed by atoms with Crippen molar-refractivity contribution in [3.63, 3.8) is 0 Å². The van der Waals surface area contributed by atoms with E-state index in [4.69, 9.17) is 16.3 Å². The predicted octanol–water partition coefficient (Wildman–Crippen LogP) is 5.82. The summed E-state index contributed by atoms with van der Waals surface area (Å²) < 4.78 is 21.6. The Hall–Kier alpha value is -2.82. The molecule has 0 amide bonds. The monoisotopic (exact) mass is 422 g/mol. The Morgan fingerprint density at radius 3 is 2.57 bits per heavy atom. The van der Waals surface area contributed by atoms with E-state index in [1.807, 2.05) is 24.3 Å². The summed E-state index contributed by atoms with van der Waals surface area (Å²) in [4.78, 5) is 0. The lowest BCUT2D eigenvalue weighted by molar-refractivity contribution is 0.414. The molecule has 0 bridgehead atoms. The predicted molar refractivity (Wildman–Crippen MR) is 121 cm³/mol. The highest BCUT2D eigenvalue weighted by molar-refractivity contribution is 6.31. The van der Waals surface area contributed by atoms with Gasteiger partial charge in [0.2, 0.25) is 0 Å². The SMILES string of the molecule is COc1ccc(CCNCc2cn(Cc3c(F)cccc3Cl)c3ccccc23)cc1. The number of fused-ring (bicyclic) bond motifs is 1. The van der Waals surface area contributed by atoms with Gasteiger partial charge in [0.05, 0.1) is 13.7 Å². The fourth-order valence-electron chi connectivity index (χ4n) is 3.70. The Labute approximate surface area is 181 Å². The number of hydrogen-bond acceptors (Lipinski definition) is 2. The smallest absolute Gasteiger partial charge is 0.129 e. The van der Waals surface area contributed by atoms with Crippen LogP contribution in [0.25, 0.3) is 10.9 Å². The first-order valence-corrected chi connectivity index (χ1v) is 10.4. The maximum atomic E-state index is 14.3. The molecule has 4 rings (SSSR count). The normalized spacial score (nSPS) is 11.2. The molecule has 3 aromatic carbocycles. The third-order valence-corrected chi connectivity index (χ3v) is 5.68. The van der Waals surface area contributed by atoms with Crippen molar-refractivity contribution in [2.75, 3.05) is 13.7 Å². The van der Waals surface area contributed by atoms with E-state index in [2.05, 4.69) is 40.3 Å². The molecule has 0 saturated carbocycles. The van der Waals surface area contributed by atoms with Crippen LogP contribution in [-0.4, -0.2) is 18.2 Å². The van der Waals surface area contributed by atoms with Crippen LogP contribution in [0.1, 0.15) is 16.7 Å². The number of benzene rings is 3. The third-order valence-electron chi connectivity index (χ3n) is 5.33. The van der Waals surface area contributed by atoms with Crippen molar-refractivity contribution in [2.24, 2.45) is 0 Å². The van der Waals surface area contributed by atoms with Gasteiger partial charge in [0.25, 0.3) is 0 Å². The number of rotatable bonds is 8. The number of nitrogens with zero attached hydrogens (tertiary/aromatic N) is 1. The average molecular weight is 423 g/mol. The second-order valence-corrected chi connectivity index (χ2v) is 7.68. The summed E-state index contributed by atoms with van der Waals surface area (Å²) in [6, 6.07) is 21.2. The fraction of sp³-hybridized carbons (Fsp3) is 0.200. The summed E-state index contributed by atoms with van der Waals surface area (Å²) >= 11 is 6.24. The van der Waals surface area contributed by atoms with Gasteiger partial charge in [-0.1, -0.05) is 48.0 Å². The van der Waals surface area contributed by atoms with Gasteiger partial charge < -0.3 is 14.6 Å². The van der Waals surface area contributed by atoms with Crippen LogP contribution < -0.4 is 10.1 Å². The van der Waals surface area contributed by atoms with E-state index in [-0.39, 0.29) is 5.82 Å². The zero-order chi connectivity index (χ0) is 20.9. The maximum Gasteiger partial charge on any atom is 0.129 e. The molecule has 0 aliphatic heterocycles. The molecular weight excluding hydrogens is 399 g/mol. The molecule has 4 aromatic rings. The Bertz CT molecular complexity index is 1120. The summed E-state index contributed by atoms with van der Waals surface area (Å²) in [6.07, 6.45) is 3.03. The van der Waals surface area contributed by atoms with E-state index in [1.165, 1.54) is 22.6 Å². The van der Waals surface area contributed by atoms with Gasteiger partial charge in [0.15, 0.2) is 0 Å². The lowest BCUT2D eigenvalue weighted by Gasteiger charge is -2.08. The van der Waals surface area contributed by atoms with Crippen molar-refractivity contribution in [1.29, 1.82) is 0 Å². The Morgan fingerprint density at radius 2 is 1.80 bits per heavy atom. The van der Waals surface area contributed by atoms with E-state index < -0.39 is 0 Å². The molecule has 0 spiro atoms. The summed E-state index contributed by atoms with van der Waals surface area (Å²) in [5.41, 5.74) is 4.04. The molecule has 1 aromatic heterocycles. The lowest BCUT2D eigenvalue weighted by Crippen LogP contribution is -2.16. The van der Waals surface area contributed by atoms with E-state index in [0.717, 1.165) is 30.8 Å². The second-order valence-electron chi connectivity index (χ2n) is 7.27. The van der Waals surface area contributed by atoms with Crippen LogP contribution >= 0.6 is 11.6 Å². The topological polar surface area (TPSA) is 26.2 Å². The summed E-state index contributed by atoms with van der Waals surface area (Å²) in [6.45, 7) is 2.01. The van der Waals surface area contributed by atoms with Crippen LogP contribution in [0, 0.1) is 5.82 Å². The maximum absolute atomic E-state index is 14.3. The fourth-order valence-corrected chi connectivity index (χ4v) is 3.92. The van der Waals surface area contributed by atoms with Crippen LogP contribution in [-0.2, 0) is 19.5 Å². The molecule has 3 nitrogen and oxygen atoms in total. The Balaban J connectivity index is 1.46. The first kappa shape index (κ1) is 20.5. The molecule has 154 valence electrons. The molecule has 1 heterocycles. The summed E-state index contributed by atoms with van der Waals surface area (Å²) in [5, 5.41) is 5.15. The summed E-state index contributed by atoms with van der Waals surface area (Å²) in [7, 11) is 1.67. The molecule has 0 aliphatic carbocycles. The number of aromatic nitrogens is 1. The zero-order valence-electron chi connectivity index (χ0n) is 16.9. The molecule has 0 radical (unpaired) electrons. The standard InChI is InChI=1S/C25H24ClFN2O/c1-30-20-11-9-18(10-12-20)13-14-28-15-19-16-29(25-8-3-2-5-21(19)25)17-22-23(26)6-4-7-24(22)27/h2-12,16,28H,13-15,17H2,1H3. The van der Waals surface area contributed by atoms with Gasteiger partial charge in [0, 0.05) is 34.2 Å². The van der Waals surface area contributed by atoms with Crippen molar-refractivity contribution in [3.8, 4) is 5.75 Å². The molecule has 0 unspecified atom stereocenters. The minimum absolute atomic E-state index is 0.278. The van der Waals surface area contributed by atoms with Crippen molar-refractivity contribution in [2.45, 2.75) is 19.5 Å². The third kappa shape index (κ3) is 4.50. The Morgan fingerprint density at radius 1 is 1.00 bits per heavy atom. The molecule has 0 saturated heterocycles. The number of halogens is 2. The van der Waals surface area contributed by atoms with Crippen LogP contribution in [0.15, 0.2) is 72.9 Å². The quantitative estimate of drug-likeness (QED) is 0.362. The van der Waals surface area contributed by atoms with E-state index in [0.29, 0.717) is 17.1 Å². The van der Waals surface area contributed by atoms with Gasteiger partial charge in [-0.05, 0) is 54.4 Å². The van der Waals surface area contributed by atoms with E-state index in [9.17, 15) is 4.39 Å². The average Bonchev–Trinajstić information content (AvgIpc) is 3.12. The number of methoxy groups -OCH3 is 1. The van der Waals surface area contributed by atoms with Crippen molar-refractivity contribution >= 4 is 22.5 Å². The highest BCUT2D eigenvalue weighted by atomic mass is 35.5. The molecule has 30 heavy (non-hydrogen) atoms. The van der Waals surface area contributed by atoms with Crippen molar-refractivity contribution < 1.29 is 9.13 Å². The molecule has 0 atom stereocenters. The van der Waals surface area contributed by atoms with Crippen LogP contribution in [0.3, 0.4) is 0 Å². The number of para-hydroxylation sites is 1. The largest absolute Gasteiger partial charge is 0.497 e. The first-order valence-electron chi connectivity index (χ1n) is 9.99. The van der Waals surface area contributed by atoms with E-state index in [1.54, 1.807) is 19.2 Å². The summed E-state index contributed by atoms with van der Waals surface area (Å²) in [5.74, 6) is 0.592. The van der Waals surface area contributed by atoms with Crippen LogP contribution in [0.4, 0.5) is 4.39 Å². The number of nitrogens with one attached hydrogen (secondary N) is 1. The molecule has 1 N–H and O–H groups in total. The van der Waals surface area contributed by atoms with Crippen molar-refractivity contribution in [1.82, 2.24) is 9.88 Å². The molecular formula is C25H24ClFN2O. The van der Waals surface area contributed by atoms with Gasteiger partial charge in [-0.2, -0.15) is 0 Å². The molecule has 0 aliphatic rings. The molecule has 0 fully saturated rings. The Kier molecular flexibility index (Phi) is 6.36. The van der Waals surface area contributed by atoms with Gasteiger partial charge in [-0.25, -0.2) is 4.39 Å². The first-order chi connectivity index (χ1) is 14.7. The highest BCUT2D eigenvalue weighted by Crippen LogP contribution is 2.26. The lowest BCUT2D eigenvalue weighted by atomic mass is 10.1. The van der Waals surface area contributed by atoms with Gasteiger partial charge >= 0.3 is 0 Å². The van der Waals surface area contributed by atoms with Gasteiger partial charge in [0.1, 0.15) is 11.6 Å². The molecule has 5 heteroatoms. The number of hydrogen-bond donors (Lipinski definition) is 1. The van der Waals surface area contributed by atoms with Gasteiger partial charge in [-0.3, -0.25) is 0 Å². The van der Waals surface area contributed by atoms with Crippen LogP contribution in [0.5, 0.6) is 5.75 Å². The van der Waals surface area contributed by atoms with Crippen molar-refractivity contribution in [3.05, 3.63) is 100 Å². The minimum atomic E-state index is -0.278. The van der Waals surface area contributed by atoms with Crippen LogP contribution in [0.2, 0.25) is 5.02 Å². The van der Waals surface area contributed by atoms with Gasteiger partial charge in [-0.15, -0.1) is 0 Å². The minimum Gasteiger partial charge on any atom is -0.497 e. The van der Waals surface area contributed by atoms with E-state index >= 15 is 0 Å². The highest BCUT2D eigenvalue weighted by Gasteiger charge is 2.12.